The molecule has 5 nitrogen and oxygen atoms in total. The lowest BCUT2D eigenvalue weighted by Crippen LogP contribution is -2.47. The number of ether oxygens (including phenoxy) is 2. The summed E-state index contributed by atoms with van der Waals surface area (Å²) in [5.41, 5.74) is -4.49. The molecule has 27 heavy (non-hydrogen) atoms. The first-order chi connectivity index (χ1) is 12.4. The molecule has 2 fully saturated rings. The first-order valence-electron chi connectivity index (χ1n) is 8.65. The van der Waals surface area contributed by atoms with Crippen LogP contribution >= 0.6 is 0 Å². The second-order valence-electron chi connectivity index (χ2n) is 7.67. The molecule has 0 spiro atoms. The van der Waals surface area contributed by atoms with Crippen LogP contribution in [0.1, 0.15) is 61.3 Å². The molecule has 0 bridgehead atoms. The molecule has 10 heteroatoms. The zero-order valence-electron chi connectivity index (χ0n) is 15.3. The third kappa shape index (κ3) is 3.55. The third-order valence-corrected chi connectivity index (χ3v) is 5.13. The van der Waals surface area contributed by atoms with Crippen LogP contribution < -0.4 is 0 Å². The van der Waals surface area contributed by atoms with Gasteiger partial charge in [-0.25, -0.2) is 13.6 Å². The molecule has 0 radical (unpaired) electrons. The highest BCUT2D eigenvalue weighted by atomic mass is 19.4. The number of aromatic nitrogens is 2. The Kier molecular flexibility index (Phi) is 4.56. The van der Waals surface area contributed by atoms with Gasteiger partial charge in [-0.2, -0.15) is 18.3 Å². The van der Waals surface area contributed by atoms with Crippen LogP contribution in [0.15, 0.2) is 0 Å². The summed E-state index contributed by atoms with van der Waals surface area (Å²) in [6.45, 7) is 2.65. The first kappa shape index (κ1) is 20.0. The van der Waals surface area contributed by atoms with Gasteiger partial charge in [0.05, 0.1) is 6.61 Å². The maximum absolute atomic E-state index is 13.8. The summed E-state index contributed by atoms with van der Waals surface area (Å²) >= 11 is 0. The van der Waals surface area contributed by atoms with Gasteiger partial charge in [0, 0.05) is 26.5 Å². The summed E-state index contributed by atoms with van der Waals surface area (Å²) in [5, 5.41) is 4.03. The van der Waals surface area contributed by atoms with Crippen molar-refractivity contribution in [3.05, 3.63) is 17.0 Å². The Morgan fingerprint density at radius 2 is 1.85 bits per heavy atom. The van der Waals surface area contributed by atoms with E-state index in [1.165, 1.54) is 21.0 Å². The van der Waals surface area contributed by atoms with Crippen LogP contribution in [0.4, 0.5) is 22.0 Å². The molecule has 0 aromatic carbocycles. The average molecular weight is 396 g/mol. The van der Waals surface area contributed by atoms with Gasteiger partial charge in [-0.15, -0.1) is 0 Å². The van der Waals surface area contributed by atoms with Gasteiger partial charge in [-0.05, 0) is 25.2 Å². The van der Waals surface area contributed by atoms with Crippen molar-refractivity contribution in [2.45, 2.75) is 63.8 Å². The van der Waals surface area contributed by atoms with Gasteiger partial charge in [0.1, 0.15) is 16.9 Å². The highest BCUT2D eigenvalue weighted by molar-refractivity contribution is 5.90. The van der Waals surface area contributed by atoms with Crippen molar-refractivity contribution in [3.8, 4) is 0 Å². The van der Waals surface area contributed by atoms with Crippen LogP contribution in [0.25, 0.3) is 0 Å². The molecule has 2 saturated carbocycles. The van der Waals surface area contributed by atoms with E-state index in [2.05, 4.69) is 5.10 Å². The minimum Gasteiger partial charge on any atom is -0.461 e. The van der Waals surface area contributed by atoms with E-state index in [0.29, 0.717) is 12.8 Å². The van der Waals surface area contributed by atoms with Gasteiger partial charge < -0.3 is 9.47 Å². The predicted octanol–water partition coefficient (Wildman–Crippen LogP) is 4.15. The van der Waals surface area contributed by atoms with E-state index >= 15 is 0 Å². The molecule has 1 aromatic rings. The van der Waals surface area contributed by atoms with Gasteiger partial charge in [0.2, 0.25) is 5.92 Å². The standard InChI is InChI=1S/C17H21F5N2O3/c1-4-27-13(25)11-10(17(20,21)22)12(15(26-3)5-6-15)23-24(11)9-14(2)7-16(18,19)8-14/h4-9H2,1-3H3. The van der Waals surface area contributed by atoms with Crippen molar-refractivity contribution >= 4 is 5.97 Å². The van der Waals surface area contributed by atoms with Gasteiger partial charge in [0.15, 0.2) is 5.69 Å². The Balaban J connectivity index is 2.10. The normalized spacial score (nSPS) is 22.2. The second kappa shape index (κ2) is 6.15. The fraction of sp³-hybridized carbons (Fsp3) is 0.765. The summed E-state index contributed by atoms with van der Waals surface area (Å²) in [4.78, 5) is 12.3. The molecule has 0 N–H and O–H groups in total. The summed E-state index contributed by atoms with van der Waals surface area (Å²) < 4.78 is 79.1. The number of nitrogens with zero attached hydrogens (tertiary/aromatic N) is 2. The van der Waals surface area contributed by atoms with Crippen molar-refractivity contribution in [1.29, 1.82) is 0 Å². The number of carbonyl (C=O) groups excluding carboxylic acids is 1. The maximum atomic E-state index is 13.8. The third-order valence-electron chi connectivity index (χ3n) is 5.13. The minimum atomic E-state index is -4.87. The molecule has 0 aliphatic heterocycles. The minimum absolute atomic E-state index is 0.124. The van der Waals surface area contributed by atoms with Gasteiger partial charge in [0.25, 0.3) is 0 Å². The Morgan fingerprint density at radius 3 is 2.26 bits per heavy atom. The fourth-order valence-electron chi connectivity index (χ4n) is 3.89. The van der Waals surface area contributed by atoms with E-state index in [4.69, 9.17) is 9.47 Å². The lowest BCUT2D eigenvalue weighted by Gasteiger charge is -2.44. The molecule has 2 aliphatic carbocycles. The van der Waals surface area contributed by atoms with E-state index in [1.54, 1.807) is 0 Å². The number of hydrogen-bond donors (Lipinski definition) is 0. The van der Waals surface area contributed by atoms with Crippen LogP contribution in [0.2, 0.25) is 0 Å². The molecule has 0 atom stereocenters. The smallest absolute Gasteiger partial charge is 0.420 e. The van der Waals surface area contributed by atoms with Crippen molar-refractivity contribution in [3.63, 3.8) is 0 Å². The largest absolute Gasteiger partial charge is 0.461 e. The van der Waals surface area contributed by atoms with E-state index in [1.807, 2.05) is 0 Å². The summed E-state index contributed by atoms with van der Waals surface area (Å²) in [6.07, 6.45) is -5.15. The molecule has 1 heterocycles. The zero-order chi connectivity index (χ0) is 20.3. The SMILES string of the molecule is CCOC(=O)c1c(C(F)(F)F)c(C2(OC)CC2)nn1CC1(C)CC(F)(F)C1. The number of halogens is 5. The summed E-state index contributed by atoms with van der Waals surface area (Å²) in [5.74, 6) is -4.03. The topological polar surface area (TPSA) is 53.4 Å². The van der Waals surface area contributed by atoms with Gasteiger partial charge in [-0.3, -0.25) is 4.68 Å². The Labute approximate surface area is 152 Å². The molecule has 152 valence electrons. The predicted molar refractivity (Wildman–Crippen MR) is 83.4 cm³/mol. The van der Waals surface area contributed by atoms with Crippen LogP contribution in [0, 0.1) is 5.41 Å². The monoisotopic (exact) mass is 396 g/mol. The molecule has 3 rings (SSSR count). The average Bonchev–Trinajstić information content (AvgIpc) is 3.19. The maximum Gasteiger partial charge on any atom is 0.420 e. The van der Waals surface area contributed by atoms with Crippen molar-refractivity contribution < 1.29 is 36.2 Å². The first-order valence-corrected chi connectivity index (χ1v) is 8.65. The highest BCUT2D eigenvalue weighted by Gasteiger charge is 2.57. The zero-order valence-corrected chi connectivity index (χ0v) is 15.3. The van der Waals surface area contributed by atoms with E-state index in [9.17, 15) is 26.7 Å². The van der Waals surface area contributed by atoms with Crippen LogP contribution in [-0.4, -0.2) is 35.4 Å². The van der Waals surface area contributed by atoms with Gasteiger partial charge in [-0.1, -0.05) is 6.92 Å². The van der Waals surface area contributed by atoms with E-state index in [-0.39, 0.29) is 18.8 Å². The van der Waals surface area contributed by atoms with Crippen LogP contribution in [0.5, 0.6) is 0 Å². The Morgan fingerprint density at radius 1 is 1.26 bits per heavy atom. The number of carbonyl (C=O) groups is 1. The number of methoxy groups -OCH3 is 1. The number of alkyl halides is 5. The van der Waals surface area contributed by atoms with Crippen molar-refractivity contribution in [1.82, 2.24) is 9.78 Å². The second-order valence-corrected chi connectivity index (χ2v) is 7.67. The van der Waals surface area contributed by atoms with Crippen LogP contribution in [-0.2, 0) is 27.8 Å². The molecule has 0 saturated heterocycles. The summed E-state index contributed by atoms with van der Waals surface area (Å²) in [6, 6.07) is 0. The Bertz CT molecular complexity index is 744. The number of esters is 1. The number of rotatable bonds is 6. The van der Waals surface area contributed by atoms with Crippen molar-refractivity contribution in [2.24, 2.45) is 5.41 Å². The summed E-state index contributed by atoms with van der Waals surface area (Å²) in [7, 11) is 1.28. The lowest BCUT2D eigenvalue weighted by atomic mass is 9.67. The highest BCUT2D eigenvalue weighted by Crippen LogP contribution is 2.55. The molecule has 2 aliphatic rings. The van der Waals surface area contributed by atoms with E-state index in [0.717, 1.165) is 4.68 Å². The molecular weight excluding hydrogens is 375 g/mol. The lowest BCUT2D eigenvalue weighted by molar-refractivity contribution is -0.160. The van der Waals surface area contributed by atoms with Crippen LogP contribution in [0.3, 0.4) is 0 Å². The Hall–Kier alpha value is -1.71. The molecular formula is C17H21F5N2O3. The molecule has 1 aromatic heterocycles. The molecule has 0 unspecified atom stereocenters. The fourth-order valence-corrected chi connectivity index (χ4v) is 3.89. The quantitative estimate of drug-likeness (QED) is 0.536. The van der Waals surface area contributed by atoms with Crippen molar-refractivity contribution in [2.75, 3.05) is 13.7 Å². The van der Waals surface area contributed by atoms with Gasteiger partial charge >= 0.3 is 12.1 Å². The number of hydrogen-bond acceptors (Lipinski definition) is 4. The molecule has 0 amide bonds. The van der Waals surface area contributed by atoms with E-state index < -0.39 is 53.2 Å².